The van der Waals surface area contributed by atoms with Crippen molar-refractivity contribution in [1.29, 1.82) is 0 Å². The maximum Gasteiger partial charge on any atom is 0.410 e. The molecule has 1 fully saturated rings. The number of anilines is 2. The third-order valence-electron chi connectivity index (χ3n) is 5.99. The molecule has 0 spiro atoms. The average molecular weight is 448 g/mol. The van der Waals surface area contributed by atoms with Crippen molar-refractivity contribution in [2.45, 2.75) is 45.8 Å². The van der Waals surface area contributed by atoms with Crippen molar-refractivity contribution in [2.75, 3.05) is 18.4 Å². The third-order valence-corrected chi connectivity index (χ3v) is 5.99. The first-order valence-electron chi connectivity index (χ1n) is 11.2. The molecule has 0 unspecified atom stereocenters. The van der Waals surface area contributed by atoms with Crippen LogP contribution in [0.4, 0.5) is 16.3 Å². The van der Waals surface area contributed by atoms with Gasteiger partial charge in [-0.05, 0) is 56.5 Å². The average Bonchev–Trinajstić information content (AvgIpc) is 3.01. The highest BCUT2D eigenvalue weighted by atomic mass is 16.6. The molecule has 33 heavy (non-hydrogen) atoms. The van der Waals surface area contributed by atoms with E-state index in [1.807, 2.05) is 46.3 Å². The Balaban J connectivity index is 1.39. The van der Waals surface area contributed by atoms with Crippen molar-refractivity contribution in [3.8, 4) is 16.9 Å². The Morgan fingerprint density at radius 2 is 2.06 bits per heavy atom. The van der Waals surface area contributed by atoms with Crippen LogP contribution < -0.4 is 10.1 Å². The van der Waals surface area contributed by atoms with E-state index < -0.39 is 5.60 Å². The molecule has 8 nitrogen and oxygen atoms in total. The van der Waals surface area contributed by atoms with Crippen LogP contribution in [0.3, 0.4) is 0 Å². The van der Waals surface area contributed by atoms with Crippen molar-refractivity contribution in [1.82, 2.24) is 19.7 Å². The monoisotopic (exact) mass is 447 g/mol. The molecule has 0 atom stereocenters. The summed E-state index contributed by atoms with van der Waals surface area (Å²) in [7, 11) is 1.91. The zero-order valence-corrected chi connectivity index (χ0v) is 19.7. The van der Waals surface area contributed by atoms with E-state index in [1.165, 1.54) is 5.56 Å². The zero-order chi connectivity index (χ0) is 23.3. The summed E-state index contributed by atoms with van der Waals surface area (Å²) in [6, 6.07) is 6.27. The molecule has 1 aromatic carbocycles. The van der Waals surface area contributed by atoms with Gasteiger partial charge in [-0.25, -0.2) is 9.78 Å². The van der Waals surface area contributed by atoms with Crippen LogP contribution in [0.15, 0.2) is 36.8 Å². The number of pyridine rings is 1. The van der Waals surface area contributed by atoms with Gasteiger partial charge in [0.25, 0.3) is 0 Å². The molecule has 1 amide bonds. The molecular weight excluding hydrogens is 418 g/mol. The second-order valence-electron chi connectivity index (χ2n) is 9.80. The molecule has 2 aromatic heterocycles. The Bertz CT molecular complexity index is 1220. The van der Waals surface area contributed by atoms with E-state index in [4.69, 9.17) is 9.47 Å². The number of hydrogen-bond acceptors (Lipinski definition) is 6. The molecule has 0 bridgehead atoms. The van der Waals surface area contributed by atoms with Crippen molar-refractivity contribution < 1.29 is 14.3 Å². The summed E-state index contributed by atoms with van der Waals surface area (Å²) >= 11 is 0. The fourth-order valence-corrected chi connectivity index (χ4v) is 4.34. The van der Waals surface area contributed by atoms with E-state index in [1.54, 1.807) is 15.8 Å². The maximum atomic E-state index is 12.3. The normalized spacial score (nSPS) is 15.5. The molecule has 1 N–H and O–H groups in total. The van der Waals surface area contributed by atoms with Gasteiger partial charge in [0.15, 0.2) is 0 Å². The largest absolute Gasteiger partial charge is 0.486 e. The molecule has 2 aliphatic heterocycles. The van der Waals surface area contributed by atoms with E-state index in [-0.39, 0.29) is 12.0 Å². The highest BCUT2D eigenvalue weighted by molar-refractivity contribution is 5.77. The molecule has 3 aromatic rings. The molecular formula is C25H29N5O3. The molecule has 1 saturated heterocycles. The Morgan fingerprint density at radius 1 is 1.27 bits per heavy atom. The number of rotatable bonds is 2. The first-order valence-corrected chi connectivity index (χ1v) is 11.2. The van der Waals surface area contributed by atoms with Gasteiger partial charge in [-0.2, -0.15) is 5.10 Å². The molecule has 2 aliphatic rings. The number of aryl methyl sites for hydroxylation is 2. The van der Waals surface area contributed by atoms with Gasteiger partial charge in [0, 0.05) is 49.6 Å². The molecule has 172 valence electrons. The quantitative estimate of drug-likeness (QED) is 0.610. The van der Waals surface area contributed by atoms with Crippen molar-refractivity contribution >= 4 is 17.6 Å². The van der Waals surface area contributed by atoms with E-state index in [0.717, 1.165) is 39.5 Å². The fraction of sp³-hybridized carbons (Fsp3) is 0.400. The summed E-state index contributed by atoms with van der Waals surface area (Å²) in [6.07, 6.45) is 5.39. The number of nitrogens with one attached hydrogen (secondary N) is 1. The molecule has 0 saturated carbocycles. The van der Waals surface area contributed by atoms with Gasteiger partial charge in [0.05, 0.1) is 11.9 Å². The van der Waals surface area contributed by atoms with Crippen molar-refractivity contribution in [2.24, 2.45) is 7.05 Å². The summed E-state index contributed by atoms with van der Waals surface area (Å²) in [5.41, 5.74) is 5.73. The van der Waals surface area contributed by atoms with Gasteiger partial charge in [0.1, 0.15) is 23.8 Å². The lowest BCUT2D eigenvalue weighted by Crippen LogP contribution is -2.50. The van der Waals surface area contributed by atoms with Gasteiger partial charge in [-0.1, -0.05) is 6.07 Å². The van der Waals surface area contributed by atoms with E-state index in [9.17, 15) is 4.79 Å². The molecule has 8 heteroatoms. The maximum absolute atomic E-state index is 12.3. The number of aromatic nitrogens is 3. The standard InChI is InChI=1S/C25H29N5O3/c1-15-8-16(18-12-30(13-18)24(31)33-25(2,3)4)9-21-22(15)32-14-20-19(6-7-26-23(20)28-21)17-10-27-29(5)11-17/h6-11,18H,12-14H2,1-5H3,(H,26,28). The summed E-state index contributed by atoms with van der Waals surface area (Å²) in [4.78, 5) is 18.6. The number of ether oxygens (including phenoxy) is 2. The third kappa shape index (κ3) is 4.13. The lowest BCUT2D eigenvalue weighted by Gasteiger charge is -2.40. The van der Waals surface area contributed by atoms with E-state index in [0.29, 0.717) is 19.7 Å². The molecule has 0 aliphatic carbocycles. The van der Waals surface area contributed by atoms with Crippen LogP contribution in [0.1, 0.15) is 43.4 Å². The summed E-state index contributed by atoms with van der Waals surface area (Å²) in [5.74, 6) is 1.88. The van der Waals surface area contributed by atoms with Crippen LogP contribution in [0.25, 0.3) is 11.1 Å². The van der Waals surface area contributed by atoms with E-state index >= 15 is 0 Å². The number of likely N-dealkylation sites (tertiary alicyclic amines) is 1. The predicted octanol–water partition coefficient (Wildman–Crippen LogP) is 4.76. The van der Waals surface area contributed by atoms with Crippen LogP contribution >= 0.6 is 0 Å². The summed E-state index contributed by atoms with van der Waals surface area (Å²) in [6.45, 7) is 9.42. The summed E-state index contributed by atoms with van der Waals surface area (Å²) < 4.78 is 13.5. The van der Waals surface area contributed by atoms with Crippen LogP contribution in [0.5, 0.6) is 5.75 Å². The smallest absolute Gasteiger partial charge is 0.410 e. The predicted molar refractivity (Wildman–Crippen MR) is 126 cm³/mol. The van der Waals surface area contributed by atoms with Crippen LogP contribution in [0, 0.1) is 6.92 Å². The second-order valence-corrected chi connectivity index (χ2v) is 9.80. The van der Waals surface area contributed by atoms with Crippen molar-refractivity contribution in [3.05, 3.63) is 53.5 Å². The molecule has 4 heterocycles. The SMILES string of the molecule is Cc1cc(C2CN(C(=O)OC(C)(C)C)C2)cc2c1OCc1c(-c3cnn(C)c3)ccnc1N2. The van der Waals surface area contributed by atoms with Gasteiger partial charge >= 0.3 is 6.09 Å². The number of carbonyl (C=O) groups is 1. The molecule has 5 rings (SSSR count). The minimum atomic E-state index is -0.487. The topological polar surface area (TPSA) is 81.5 Å². The van der Waals surface area contributed by atoms with Crippen LogP contribution in [-0.4, -0.2) is 44.4 Å². The lowest BCUT2D eigenvalue weighted by molar-refractivity contribution is 0.00819. The number of benzene rings is 1. The highest BCUT2D eigenvalue weighted by Gasteiger charge is 2.35. The van der Waals surface area contributed by atoms with Gasteiger partial charge in [0.2, 0.25) is 0 Å². The van der Waals surface area contributed by atoms with E-state index in [2.05, 4.69) is 34.5 Å². The Labute approximate surface area is 193 Å². The highest BCUT2D eigenvalue weighted by Crippen LogP contribution is 2.41. The first-order chi connectivity index (χ1) is 15.7. The van der Waals surface area contributed by atoms with Crippen LogP contribution in [-0.2, 0) is 18.4 Å². The van der Waals surface area contributed by atoms with Gasteiger partial charge in [-0.3, -0.25) is 4.68 Å². The van der Waals surface area contributed by atoms with Gasteiger partial charge < -0.3 is 19.7 Å². The molecule has 0 radical (unpaired) electrons. The minimum absolute atomic E-state index is 0.257. The fourth-order valence-electron chi connectivity index (χ4n) is 4.34. The number of carbonyl (C=O) groups excluding carboxylic acids is 1. The Kier molecular flexibility index (Phi) is 5.03. The lowest BCUT2D eigenvalue weighted by atomic mass is 9.90. The van der Waals surface area contributed by atoms with Crippen LogP contribution in [0.2, 0.25) is 0 Å². The number of nitrogens with zero attached hydrogens (tertiary/aromatic N) is 4. The second kappa shape index (κ2) is 7.79. The number of amides is 1. The number of hydrogen-bond donors (Lipinski definition) is 1. The Hall–Kier alpha value is -3.55. The van der Waals surface area contributed by atoms with Gasteiger partial charge in [-0.15, -0.1) is 0 Å². The number of fused-ring (bicyclic) bond motifs is 2. The zero-order valence-electron chi connectivity index (χ0n) is 19.7. The Morgan fingerprint density at radius 3 is 2.76 bits per heavy atom. The first kappa shape index (κ1) is 21.3. The minimum Gasteiger partial charge on any atom is -0.486 e. The summed E-state index contributed by atoms with van der Waals surface area (Å²) in [5, 5.41) is 7.80. The van der Waals surface area contributed by atoms with Crippen molar-refractivity contribution in [3.63, 3.8) is 0 Å².